The predicted molar refractivity (Wildman–Crippen MR) is 136 cm³/mol. The second-order valence-electron chi connectivity index (χ2n) is 8.51. The van der Waals surface area contributed by atoms with Gasteiger partial charge in [-0.3, -0.25) is 0 Å². The van der Waals surface area contributed by atoms with Gasteiger partial charge in [-0.25, -0.2) is 0 Å². The van der Waals surface area contributed by atoms with Crippen molar-refractivity contribution in [2.75, 3.05) is 0 Å². The average Bonchev–Trinajstić information content (AvgIpc) is 2.85. The number of rotatable bonds is 16. The molecular formula is C30H38O3. The molecule has 0 fully saturated rings. The molecule has 0 saturated heterocycles. The van der Waals surface area contributed by atoms with Gasteiger partial charge in [-0.1, -0.05) is 113 Å². The van der Waals surface area contributed by atoms with Crippen molar-refractivity contribution in [3.63, 3.8) is 0 Å². The highest BCUT2D eigenvalue weighted by Gasteiger charge is 2.38. The summed E-state index contributed by atoms with van der Waals surface area (Å²) in [5.41, 5.74) is 0. The van der Waals surface area contributed by atoms with Gasteiger partial charge in [-0.15, -0.1) is 0 Å². The van der Waals surface area contributed by atoms with Crippen molar-refractivity contribution in [1.29, 1.82) is 0 Å². The minimum absolute atomic E-state index is 0.627. The molecule has 0 aliphatic heterocycles. The third-order valence-corrected chi connectivity index (χ3v) is 5.64. The van der Waals surface area contributed by atoms with E-state index in [0.717, 1.165) is 30.1 Å². The predicted octanol–water partition coefficient (Wildman–Crippen LogP) is 8.80. The van der Waals surface area contributed by atoms with Crippen LogP contribution in [0.5, 0.6) is 17.2 Å². The van der Waals surface area contributed by atoms with Crippen LogP contribution in [0, 0.1) is 0 Å². The Labute approximate surface area is 199 Å². The van der Waals surface area contributed by atoms with Crippen LogP contribution < -0.4 is 14.2 Å². The Morgan fingerprint density at radius 2 is 0.788 bits per heavy atom. The zero-order chi connectivity index (χ0) is 23.0. The summed E-state index contributed by atoms with van der Waals surface area (Å²) in [6, 6.07) is 29.3. The summed E-state index contributed by atoms with van der Waals surface area (Å²) in [7, 11) is 0. The van der Waals surface area contributed by atoms with Crippen LogP contribution in [-0.4, -0.2) is 5.97 Å². The van der Waals surface area contributed by atoms with Gasteiger partial charge >= 0.3 is 5.97 Å². The zero-order valence-electron chi connectivity index (χ0n) is 20.0. The molecule has 0 saturated carbocycles. The molecule has 176 valence electrons. The number of ether oxygens (including phenoxy) is 3. The van der Waals surface area contributed by atoms with Crippen molar-refractivity contribution in [1.82, 2.24) is 0 Å². The van der Waals surface area contributed by atoms with Gasteiger partial charge in [0.05, 0.1) is 6.42 Å². The molecule has 0 atom stereocenters. The summed E-state index contributed by atoms with van der Waals surface area (Å²) >= 11 is 0. The van der Waals surface area contributed by atoms with E-state index in [2.05, 4.69) is 6.92 Å². The van der Waals surface area contributed by atoms with Gasteiger partial charge in [0.1, 0.15) is 17.2 Å². The third kappa shape index (κ3) is 9.21. The fourth-order valence-electron chi connectivity index (χ4n) is 3.87. The lowest BCUT2D eigenvalue weighted by atomic mass is 10.1. The smallest absolute Gasteiger partial charge is 0.417 e. The Balaban J connectivity index is 1.69. The van der Waals surface area contributed by atoms with Crippen molar-refractivity contribution in [3.05, 3.63) is 91.0 Å². The number of hydrogen-bond donors (Lipinski definition) is 0. The van der Waals surface area contributed by atoms with E-state index in [1.807, 2.05) is 91.0 Å². The highest BCUT2D eigenvalue weighted by molar-refractivity contribution is 5.26. The largest absolute Gasteiger partial charge is 0.421 e. The first-order valence-electron chi connectivity index (χ1n) is 12.5. The van der Waals surface area contributed by atoms with Gasteiger partial charge in [-0.05, 0) is 42.8 Å². The summed E-state index contributed by atoms with van der Waals surface area (Å²) in [4.78, 5) is 0. The van der Waals surface area contributed by atoms with E-state index in [-0.39, 0.29) is 0 Å². The Kier molecular flexibility index (Phi) is 10.7. The van der Waals surface area contributed by atoms with E-state index in [9.17, 15) is 0 Å². The van der Waals surface area contributed by atoms with Crippen molar-refractivity contribution in [2.45, 2.75) is 77.1 Å². The molecule has 0 aliphatic rings. The van der Waals surface area contributed by atoms with Crippen molar-refractivity contribution in [2.24, 2.45) is 0 Å². The van der Waals surface area contributed by atoms with Gasteiger partial charge in [0.15, 0.2) is 0 Å². The molecule has 3 aromatic carbocycles. The molecule has 3 nitrogen and oxygen atoms in total. The van der Waals surface area contributed by atoms with Gasteiger partial charge in [-0.2, -0.15) is 0 Å². The van der Waals surface area contributed by atoms with Gasteiger partial charge < -0.3 is 14.2 Å². The second kappa shape index (κ2) is 14.3. The molecule has 0 spiro atoms. The molecule has 3 aromatic rings. The number of unbranched alkanes of at least 4 members (excludes halogenated alkanes) is 8. The van der Waals surface area contributed by atoms with Crippen molar-refractivity contribution >= 4 is 0 Å². The summed E-state index contributed by atoms with van der Waals surface area (Å²) < 4.78 is 19.3. The topological polar surface area (TPSA) is 27.7 Å². The maximum atomic E-state index is 6.44. The van der Waals surface area contributed by atoms with E-state index in [1.165, 1.54) is 44.9 Å². The minimum atomic E-state index is -1.24. The fraction of sp³-hybridized carbons (Fsp3) is 0.400. The monoisotopic (exact) mass is 446 g/mol. The molecule has 0 aliphatic carbocycles. The normalized spacial score (nSPS) is 11.2. The van der Waals surface area contributed by atoms with E-state index in [1.54, 1.807) is 0 Å². The minimum Gasteiger partial charge on any atom is -0.421 e. The molecule has 0 unspecified atom stereocenters. The lowest BCUT2D eigenvalue weighted by Crippen LogP contribution is -2.48. The Morgan fingerprint density at radius 1 is 0.455 bits per heavy atom. The first-order valence-corrected chi connectivity index (χ1v) is 12.5. The van der Waals surface area contributed by atoms with E-state index < -0.39 is 5.97 Å². The SMILES string of the molecule is CCCCCCCCCCCC(Oc1ccccc1)(Oc1ccccc1)Oc1ccccc1. The van der Waals surface area contributed by atoms with Crippen LogP contribution in [0.1, 0.15) is 71.1 Å². The van der Waals surface area contributed by atoms with Crippen molar-refractivity contribution < 1.29 is 14.2 Å². The van der Waals surface area contributed by atoms with E-state index in [0.29, 0.717) is 6.42 Å². The molecule has 3 heteroatoms. The molecule has 0 N–H and O–H groups in total. The quantitative estimate of drug-likeness (QED) is 0.162. The van der Waals surface area contributed by atoms with Crippen LogP contribution in [0.15, 0.2) is 91.0 Å². The summed E-state index contributed by atoms with van der Waals surface area (Å²) in [6.45, 7) is 2.26. The van der Waals surface area contributed by atoms with Crippen LogP contribution in [0.2, 0.25) is 0 Å². The van der Waals surface area contributed by atoms with Crippen LogP contribution in [-0.2, 0) is 0 Å². The Morgan fingerprint density at radius 3 is 1.15 bits per heavy atom. The summed E-state index contributed by atoms with van der Waals surface area (Å²) in [5, 5.41) is 0. The molecule has 0 aromatic heterocycles. The molecule has 0 radical (unpaired) electrons. The molecule has 0 heterocycles. The van der Waals surface area contributed by atoms with E-state index in [4.69, 9.17) is 14.2 Å². The zero-order valence-corrected chi connectivity index (χ0v) is 20.0. The lowest BCUT2D eigenvalue weighted by molar-refractivity contribution is -0.257. The van der Waals surface area contributed by atoms with Gasteiger partial charge in [0.25, 0.3) is 0 Å². The number of hydrogen-bond acceptors (Lipinski definition) is 3. The van der Waals surface area contributed by atoms with Crippen molar-refractivity contribution in [3.8, 4) is 17.2 Å². The molecular weight excluding hydrogens is 408 g/mol. The maximum absolute atomic E-state index is 6.44. The molecule has 0 bridgehead atoms. The molecule has 3 rings (SSSR count). The molecule has 0 amide bonds. The average molecular weight is 447 g/mol. The highest BCUT2D eigenvalue weighted by atomic mass is 16.9. The van der Waals surface area contributed by atoms with E-state index >= 15 is 0 Å². The third-order valence-electron chi connectivity index (χ3n) is 5.64. The number of benzene rings is 3. The first kappa shape index (κ1) is 24.7. The number of para-hydroxylation sites is 3. The van der Waals surface area contributed by atoms with Crippen LogP contribution in [0.25, 0.3) is 0 Å². The highest BCUT2D eigenvalue weighted by Crippen LogP contribution is 2.31. The summed E-state index contributed by atoms with van der Waals surface area (Å²) in [6.07, 6.45) is 11.9. The molecule has 33 heavy (non-hydrogen) atoms. The second-order valence-corrected chi connectivity index (χ2v) is 8.51. The maximum Gasteiger partial charge on any atom is 0.417 e. The first-order chi connectivity index (χ1) is 16.3. The van der Waals surface area contributed by atoms with Crippen LogP contribution >= 0.6 is 0 Å². The van der Waals surface area contributed by atoms with Gasteiger partial charge in [0.2, 0.25) is 0 Å². The van der Waals surface area contributed by atoms with Crippen LogP contribution in [0.3, 0.4) is 0 Å². The fourth-order valence-corrected chi connectivity index (χ4v) is 3.87. The standard InChI is InChI=1S/C30H38O3/c1-2-3-4-5-6-7-8-9-19-26-30(31-27-20-13-10-14-21-27,32-28-22-15-11-16-23-28)33-29-24-17-12-18-25-29/h10-18,20-25H,2-9,19,26H2,1H3. The van der Waals surface area contributed by atoms with Gasteiger partial charge in [0, 0.05) is 0 Å². The summed E-state index contributed by atoms with van der Waals surface area (Å²) in [5.74, 6) is 0.923. The lowest BCUT2D eigenvalue weighted by Gasteiger charge is -2.34. The Hall–Kier alpha value is -2.94. The van der Waals surface area contributed by atoms with Crippen LogP contribution in [0.4, 0.5) is 0 Å². The Bertz CT molecular complexity index is 763.